The van der Waals surface area contributed by atoms with Crippen LogP contribution in [0.5, 0.6) is 0 Å². The molecule has 3 rings (SSSR count). The first-order chi connectivity index (χ1) is 9.60. The van der Waals surface area contributed by atoms with Crippen LogP contribution in [0.2, 0.25) is 0 Å². The van der Waals surface area contributed by atoms with Crippen LogP contribution in [0.15, 0.2) is 35.3 Å². The van der Waals surface area contributed by atoms with E-state index in [1.54, 1.807) is 0 Å². The van der Waals surface area contributed by atoms with E-state index < -0.39 is 17.3 Å². The molecular formula is C14H9FN2O3. The van der Waals surface area contributed by atoms with Gasteiger partial charge in [-0.2, -0.15) is 0 Å². The topological polar surface area (TPSA) is 72.0 Å². The Hall–Kier alpha value is -2.76. The van der Waals surface area contributed by atoms with Gasteiger partial charge in [0.25, 0.3) is 5.56 Å². The Balaban J connectivity index is 2.39. The number of aromatic amines is 1. The van der Waals surface area contributed by atoms with E-state index in [0.29, 0.717) is 16.4 Å². The minimum absolute atomic E-state index is 0.218. The number of rotatable bonds is 1. The van der Waals surface area contributed by atoms with Crippen molar-refractivity contribution < 1.29 is 13.9 Å². The molecule has 1 aromatic carbocycles. The lowest BCUT2D eigenvalue weighted by Gasteiger charge is -2.04. The van der Waals surface area contributed by atoms with Crippen molar-refractivity contribution in [3.8, 4) is 0 Å². The van der Waals surface area contributed by atoms with Gasteiger partial charge < -0.3 is 9.72 Å². The van der Waals surface area contributed by atoms with Crippen LogP contribution in [-0.4, -0.2) is 23.0 Å². The predicted octanol–water partition coefficient (Wildman–Crippen LogP) is 2.00. The summed E-state index contributed by atoms with van der Waals surface area (Å²) in [5.41, 5.74) is 0.692. The fraction of sp³-hybridized carbons (Fsp3) is 0.0714. The minimum Gasteiger partial charge on any atom is -0.465 e. The van der Waals surface area contributed by atoms with E-state index in [-0.39, 0.29) is 10.9 Å². The third-order valence-corrected chi connectivity index (χ3v) is 3.04. The molecule has 0 aliphatic heterocycles. The van der Waals surface area contributed by atoms with E-state index in [4.69, 9.17) is 0 Å². The number of esters is 1. The van der Waals surface area contributed by atoms with Gasteiger partial charge in [-0.05, 0) is 24.3 Å². The highest BCUT2D eigenvalue weighted by Gasteiger charge is 2.11. The summed E-state index contributed by atoms with van der Waals surface area (Å²) in [5.74, 6) is -1.03. The molecule has 0 amide bonds. The van der Waals surface area contributed by atoms with Crippen molar-refractivity contribution in [1.29, 1.82) is 0 Å². The summed E-state index contributed by atoms with van der Waals surface area (Å²) < 4.78 is 17.8. The first-order valence-electron chi connectivity index (χ1n) is 5.80. The maximum absolute atomic E-state index is 13.2. The molecule has 2 aromatic heterocycles. The number of methoxy groups -OCH3 is 1. The van der Waals surface area contributed by atoms with Gasteiger partial charge >= 0.3 is 5.97 Å². The molecular weight excluding hydrogens is 263 g/mol. The lowest BCUT2D eigenvalue weighted by molar-refractivity contribution is 0.0600. The normalized spacial score (nSPS) is 10.9. The summed E-state index contributed by atoms with van der Waals surface area (Å²) in [4.78, 5) is 30.1. The van der Waals surface area contributed by atoms with Crippen molar-refractivity contribution in [3.05, 3.63) is 52.2 Å². The summed E-state index contributed by atoms with van der Waals surface area (Å²) in [5, 5.41) is 0.748. The zero-order valence-electron chi connectivity index (χ0n) is 10.4. The standard InChI is InChI=1S/C14H9FN2O3/c1-20-14(19)7-4-11-12(16-6-7)9-3-2-8(15)5-10(9)13(18)17-11/h2-6H,1H3,(H,17,18). The average molecular weight is 272 g/mol. The van der Waals surface area contributed by atoms with Crippen molar-refractivity contribution in [2.75, 3.05) is 7.11 Å². The zero-order chi connectivity index (χ0) is 14.3. The van der Waals surface area contributed by atoms with Crippen LogP contribution in [0.1, 0.15) is 10.4 Å². The Kier molecular flexibility index (Phi) is 2.71. The van der Waals surface area contributed by atoms with E-state index in [2.05, 4.69) is 14.7 Å². The van der Waals surface area contributed by atoms with E-state index in [9.17, 15) is 14.0 Å². The molecule has 0 spiro atoms. The summed E-state index contributed by atoms with van der Waals surface area (Å²) >= 11 is 0. The fourth-order valence-electron chi connectivity index (χ4n) is 2.10. The second kappa shape index (κ2) is 4.41. The third kappa shape index (κ3) is 1.82. The van der Waals surface area contributed by atoms with Gasteiger partial charge in [0, 0.05) is 11.6 Å². The van der Waals surface area contributed by atoms with E-state index in [0.717, 1.165) is 6.07 Å². The van der Waals surface area contributed by atoms with E-state index in [1.807, 2.05) is 0 Å². The maximum Gasteiger partial charge on any atom is 0.339 e. The third-order valence-electron chi connectivity index (χ3n) is 3.04. The predicted molar refractivity (Wildman–Crippen MR) is 71.2 cm³/mol. The fourth-order valence-corrected chi connectivity index (χ4v) is 2.10. The second-order valence-electron chi connectivity index (χ2n) is 4.26. The monoisotopic (exact) mass is 272 g/mol. The van der Waals surface area contributed by atoms with Gasteiger partial charge in [0.1, 0.15) is 5.82 Å². The van der Waals surface area contributed by atoms with Gasteiger partial charge in [-0.1, -0.05) is 0 Å². The van der Waals surface area contributed by atoms with Crippen LogP contribution < -0.4 is 5.56 Å². The number of benzene rings is 1. The number of nitrogens with one attached hydrogen (secondary N) is 1. The van der Waals surface area contributed by atoms with Gasteiger partial charge in [0.2, 0.25) is 0 Å². The highest BCUT2D eigenvalue weighted by atomic mass is 19.1. The number of aromatic nitrogens is 2. The number of carbonyl (C=O) groups is 1. The number of fused-ring (bicyclic) bond motifs is 3. The molecule has 0 aliphatic rings. The molecule has 0 radical (unpaired) electrons. The van der Waals surface area contributed by atoms with Gasteiger partial charge in [-0.3, -0.25) is 9.78 Å². The lowest BCUT2D eigenvalue weighted by Crippen LogP contribution is -2.09. The number of H-pyrrole nitrogens is 1. The molecule has 0 fully saturated rings. The molecule has 1 N–H and O–H groups in total. The SMILES string of the molecule is COC(=O)c1cnc2c(c1)[nH]c(=O)c1cc(F)ccc12. The van der Waals surface area contributed by atoms with E-state index >= 15 is 0 Å². The Labute approximate surface area is 112 Å². The maximum atomic E-state index is 13.2. The smallest absolute Gasteiger partial charge is 0.339 e. The zero-order valence-corrected chi connectivity index (χ0v) is 10.4. The molecule has 6 heteroatoms. The molecule has 0 saturated carbocycles. The van der Waals surface area contributed by atoms with Crippen molar-refractivity contribution in [2.45, 2.75) is 0 Å². The molecule has 20 heavy (non-hydrogen) atoms. The van der Waals surface area contributed by atoms with E-state index in [1.165, 1.54) is 31.5 Å². The minimum atomic E-state index is -0.542. The molecule has 2 heterocycles. The quantitative estimate of drug-likeness (QED) is 0.543. The van der Waals surface area contributed by atoms with Crippen LogP contribution in [0, 0.1) is 5.82 Å². The Morgan fingerprint density at radius 3 is 2.85 bits per heavy atom. The Bertz CT molecular complexity index is 902. The average Bonchev–Trinajstić information content (AvgIpc) is 2.46. The molecule has 0 atom stereocenters. The van der Waals surface area contributed by atoms with Gasteiger partial charge in [-0.15, -0.1) is 0 Å². The highest BCUT2D eigenvalue weighted by Crippen LogP contribution is 2.20. The molecule has 3 aromatic rings. The number of hydrogen-bond acceptors (Lipinski definition) is 4. The van der Waals surface area contributed by atoms with Crippen molar-refractivity contribution >= 4 is 27.8 Å². The molecule has 0 unspecified atom stereocenters. The number of halogens is 1. The number of hydrogen-bond donors (Lipinski definition) is 1. The summed E-state index contributed by atoms with van der Waals surface area (Å²) in [6.45, 7) is 0. The van der Waals surface area contributed by atoms with Gasteiger partial charge in [0.05, 0.1) is 29.1 Å². The molecule has 0 saturated heterocycles. The van der Waals surface area contributed by atoms with Crippen LogP contribution >= 0.6 is 0 Å². The number of ether oxygens (including phenoxy) is 1. The molecule has 0 aliphatic carbocycles. The summed E-state index contributed by atoms with van der Waals surface area (Å²) in [7, 11) is 1.26. The van der Waals surface area contributed by atoms with Crippen molar-refractivity contribution in [3.63, 3.8) is 0 Å². The Morgan fingerprint density at radius 2 is 2.10 bits per heavy atom. The van der Waals surface area contributed by atoms with Crippen LogP contribution in [0.4, 0.5) is 4.39 Å². The van der Waals surface area contributed by atoms with Gasteiger partial charge in [0.15, 0.2) is 0 Å². The first-order valence-corrected chi connectivity index (χ1v) is 5.80. The van der Waals surface area contributed by atoms with Crippen LogP contribution in [-0.2, 0) is 4.74 Å². The van der Waals surface area contributed by atoms with Crippen molar-refractivity contribution in [2.24, 2.45) is 0 Å². The molecule has 0 bridgehead atoms. The summed E-state index contributed by atoms with van der Waals surface area (Å²) in [6, 6.07) is 5.39. The van der Waals surface area contributed by atoms with Crippen molar-refractivity contribution in [1.82, 2.24) is 9.97 Å². The van der Waals surface area contributed by atoms with Gasteiger partial charge in [-0.25, -0.2) is 9.18 Å². The summed E-state index contributed by atoms with van der Waals surface area (Å²) in [6.07, 6.45) is 1.36. The lowest BCUT2D eigenvalue weighted by atomic mass is 10.1. The first kappa shape index (κ1) is 12.3. The number of pyridine rings is 2. The Morgan fingerprint density at radius 1 is 1.30 bits per heavy atom. The number of nitrogens with zero attached hydrogens (tertiary/aromatic N) is 1. The number of carbonyl (C=O) groups excluding carboxylic acids is 1. The molecule has 5 nitrogen and oxygen atoms in total. The largest absolute Gasteiger partial charge is 0.465 e. The molecule has 100 valence electrons. The highest BCUT2D eigenvalue weighted by molar-refractivity contribution is 6.04. The van der Waals surface area contributed by atoms with Crippen LogP contribution in [0.3, 0.4) is 0 Å². The second-order valence-corrected chi connectivity index (χ2v) is 4.26. The van der Waals surface area contributed by atoms with Crippen LogP contribution in [0.25, 0.3) is 21.8 Å².